The molecule has 12 heavy (non-hydrogen) atoms. The van der Waals surface area contributed by atoms with Crippen LogP contribution in [0.15, 0.2) is 0 Å². The van der Waals surface area contributed by atoms with Crippen molar-refractivity contribution in [2.45, 2.75) is 46.5 Å². The summed E-state index contributed by atoms with van der Waals surface area (Å²) >= 11 is 1.85. The Labute approximate surface area is 78.8 Å². The van der Waals surface area contributed by atoms with Crippen LogP contribution < -0.4 is 0 Å². The highest BCUT2D eigenvalue weighted by Crippen LogP contribution is 2.18. The molecule has 0 radical (unpaired) electrons. The summed E-state index contributed by atoms with van der Waals surface area (Å²) in [5.74, 6) is 0. The topological polar surface area (TPSA) is 12.9 Å². The third-order valence-corrected chi connectivity index (χ3v) is 3.20. The first-order valence-electron chi connectivity index (χ1n) is 4.67. The fourth-order valence-corrected chi connectivity index (χ4v) is 2.15. The van der Waals surface area contributed by atoms with Gasteiger partial charge in [0.25, 0.3) is 0 Å². The van der Waals surface area contributed by atoms with Crippen molar-refractivity contribution in [3.63, 3.8) is 0 Å². The van der Waals surface area contributed by atoms with Gasteiger partial charge in [0.15, 0.2) is 0 Å². The zero-order chi connectivity index (χ0) is 8.97. The maximum atomic E-state index is 4.50. The lowest BCUT2D eigenvalue weighted by molar-refractivity contribution is 0.714. The maximum Gasteiger partial charge on any atom is 0.0930 e. The summed E-state index contributed by atoms with van der Waals surface area (Å²) < 4.78 is 0. The molecule has 0 N–H and O–H groups in total. The molecule has 1 heterocycles. The Morgan fingerprint density at radius 2 is 2.00 bits per heavy atom. The van der Waals surface area contributed by atoms with E-state index in [2.05, 4.69) is 25.8 Å². The standard InChI is InChI=1S/C10H17NS/c1-4-5-6-7-10-11-8(2)9(3)12-10/h4-7H2,1-3H3. The van der Waals surface area contributed by atoms with Crippen molar-refractivity contribution >= 4 is 11.3 Å². The minimum Gasteiger partial charge on any atom is -0.246 e. The molecule has 1 nitrogen and oxygen atoms in total. The molecule has 0 bridgehead atoms. The quantitative estimate of drug-likeness (QED) is 0.651. The van der Waals surface area contributed by atoms with Crippen LogP contribution in [0, 0.1) is 13.8 Å². The van der Waals surface area contributed by atoms with E-state index in [1.807, 2.05) is 11.3 Å². The van der Waals surface area contributed by atoms with Crippen LogP contribution in [0.1, 0.15) is 41.8 Å². The van der Waals surface area contributed by atoms with Crippen LogP contribution in [0.4, 0.5) is 0 Å². The van der Waals surface area contributed by atoms with Gasteiger partial charge < -0.3 is 0 Å². The highest BCUT2D eigenvalue weighted by Gasteiger charge is 2.01. The van der Waals surface area contributed by atoms with Crippen LogP contribution in [-0.4, -0.2) is 4.98 Å². The van der Waals surface area contributed by atoms with E-state index in [9.17, 15) is 0 Å². The number of unbranched alkanes of at least 4 members (excludes halogenated alkanes) is 2. The number of thiazole rings is 1. The lowest BCUT2D eigenvalue weighted by atomic mass is 10.2. The second-order valence-corrected chi connectivity index (χ2v) is 4.49. The molecule has 2 heteroatoms. The zero-order valence-electron chi connectivity index (χ0n) is 8.18. The number of aryl methyl sites for hydroxylation is 3. The lowest BCUT2D eigenvalue weighted by Crippen LogP contribution is -1.83. The Bertz CT molecular complexity index is 220. The summed E-state index contributed by atoms with van der Waals surface area (Å²) in [6.07, 6.45) is 5.09. The van der Waals surface area contributed by atoms with E-state index in [1.165, 1.54) is 41.3 Å². The highest BCUT2D eigenvalue weighted by atomic mass is 32.1. The van der Waals surface area contributed by atoms with Gasteiger partial charge in [-0.1, -0.05) is 19.8 Å². The maximum absolute atomic E-state index is 4.50. The van der Waals surface area contributed by atoms with Gasteiger partial charge in [-0.2, -0.15) is 0 Å². The van der Waals surface area contributed by atoms with E-state index >= 15 is 0 Å². The summed E-state index contributed by atoms with van der Waals surface area (Å²) in [6, 6.07) is 0. The Morgan fingerprint density at radius 1 is 1.25 bits per heavy atom. The average Bonchev–Trinajstić information content (AvgIpc) is 2.32. The van der Waals surface area contributed by atoms with Crippen LogP contribution in [0.5, 0.6) is 0 Å². The SMILES string of the molecule is CCCCCc1nc(C)c(C)s1. The minimum absolute atomic E-state index is 1.17. The molecule has 1 aromatic heterocycles. The van der Waals surface area contributed by atoms with Crippen molar-refractivity contribution in [3.8, 4) is 0 Å². The lowest BCUT2D eigenvalue weighted by Gasteiger charge is -1.93. The number of rotatable bonds is 4. The normalized spacial score (nSPS) is 10.6. The number of nitrogens with zero attached hydrogens (tertiary/aromatic N) is 1. The summed E-state index contributed by atoms with van der Waals surface area (Å²) in [7, 11) is 0. The molecule has 68 valence electrons. The van der Waals surface area contributed by atoms with E-state index in [1.54, 1.807) is 0 Å². The van der Waals surface area contributed by atoms with Crippen molar-refractivity contribution in [2.75, 3.05) is 0 Å². The molecule has 0 saturated heterocycles. The smallest absolute Gasteiger partial charge is 0.0930 e. The van der Waals surface area contributed by atoms with Crippen LogP contribution in [0.3, 0.4) is 0 Å². The predicted octanol–water partition coefficient (Wildman–Crippen LogP) is 3.49. The third kappa shape index (κ3) is 2.59. The van der Waals surface area contributed by atoms with Crippen molar-refractivity contribution in [1.82, 2.24) is 4.98 Å². The Kier molecular flexibility index (Phi) is 3.73. The van der Waals surface area contributed by atoms with Crippen molar-refractivity contribution in [3.05, 3.63) is 15.6 Å². The van der Waals surface area contributed by atoms with Crippen LogP contribution in [-0.2, 0) is 6.42 Å². The average molecular weight is 183 g/mol. The fourth-order valence-electron chi connectivity index (χ4n) is 1.17. The van der Waals surface area contributed by atoms with Crippen LogP contribution >= 0.6 is 11.3 Å². The van der Waals surface area contributed by atoms with E-state index < -0.39 is 0 Å². The van der Waals surface area contributed by atoms with Gasteiger partial charge in [0.2, 0.25) is 0 Å². The second-order valence-electron chi connectivity index (χ2n) is 3.21. The molecule has 0 aliphatic carbocycles. The molecule has 0 aliphatic heterocycles. The summed E-state index contributed by atoms with van der Waals surface area (Å²) in [4.78, 5) is 5.88. The van der Waals surface area contributed by atoms with E-state index in [4.69, 9.17) is 0 Å². The molecule has 0 atom stereocenters. The predicted molar refractivity (Wildman–Crippen MR) is 54.8 cm³/mol. The minimum atomic E-state index is 1.17. The summed E-state index contributed by atoms with van der Waals surface area (Å²) in [5, 5.41) is 1.32. The first-order valence-corrected chi connectivity index (χ1v) is 5.48. The van der Waals surface area contributed by atoms with Crippen molar-refractivity contribution in [2.24, 2.45) is 0 Å². The second kappa shape index (κ2) is 4.61. The fraction of sp³-hybridized carbons (Fsp3) is 0.700. The van der Waals surface area contributed by atoms with Gasteiger partial charge in [0.1, 0.15) is 0 Å². The molecule has 0 saturated carbocycles. The Balaban J connectivity index is 2.42. The molecule has 0 aromatic carbocycles. The number of aromatic nitrogens is 1. The van der Waals surface area contributed by atoms with Gasteiger partial charge in [0.05, 0.1) is 10.7 Å². The highest BCUT2D eigenvalue weighted by molar-refractivity contribution is 7.11. The molecule has 0 fully saturated rings. The molecule has 0 unspecified atom stereocenters. The third-order valence-electron chi connectivity index (χ3n) is 2.07. The molecular formula is C10H17NS. The Hall–Kier alpha value is -0.370. The van der Waals surface area contributed by atoms with Gasteiger partial charge in [-0.05, 0) is 26.7 Å². The van der Waals surface area contributed by atoms with E-state index in [-0.39, 0.29) is 0 Å². The monoisotopic (exact) mass is 183 g/mol. The molecule has 0 aliphatic rings. The molecule has 0 amide bonds. The van der Waals surface area contributed by atoms with E-state index in [0.717, 1.165) is 0 Å². The first kappa shape index (κ1) is 9.72. The van der Waals surface area contributed by atoms with Gasteiger partial charge in [0, 0.05) is 4.88 Å². The number of hydrogen-bond acceptors (Lipinski definition) is 2. The van der Waals surface area contributed by atoms with E-state index in [0.29, 0.717) is 0 Å². The van der Waals surface area contributed by atoms with Gasteiger partial charge in [-0.15, -0.1) is 11.3 Å². The molecule has 0 spiro atoms. The molecular weight excluding hydrogens is 166 g/mol. The summed E-state index contributed by atoms with van der Waals surface area (Å²) in [5.41, 5.74) is 1.21. The van der Waals surface area contributed by atoms with Crippen LogP contribution in [0.25, 0.3) is 0 Å². The van der Waals surface area contributed by atoms with Crippen molar-refractivity contribution < 1.29 is 0 Å². The van der Waals surface area contributed by atoms with Gasteiger partial charge in [-0.3, -0.25) is 0 Å². The van der Waals surface area contributed by atoms with Crippen LogP contribution in [0.2, 0.25) is 0 Å². The first-order chi connectivity index (χ1) is 5.74. The molecule has 1 aromatic rings. The largest absolute Gasteiger partial charge is 0.246 e. The van der Waals surface area contributed by atoms with Gasteiger partial charge in [-0.25, -0.2) is 4.98 Å². The summed E-state index contributed by atoms with van der Waals surface area (Å²) in [6.45, 7) is 6.48. The zero-order valence-corrected chi connectivity index (χ0v) is 9.00. The number of hydrogen-bond donors (Lipinski definition) is 0. The Morgan fingerprint density at radius 3 is 2.50 bits per heavy atom. The molecule has 1 rings (SSSR count). The van der Waals surface area contributed by atoms with Gasteiger partial charge >= 0.3 is 0 Å². The van der Waals surface area contributed by atoms with Crippen molar-refractivity contribution in [1.29, 1.82) is 0 Å².